The highest BCUT2D eigenvalue weighted by Gasteiger charge is 2.41. The Morgan fingerprint density at radius 1 is 1.27 bits per heavy atom. The van der Waals surface area contributed by atoms with Crippen molar-refractivity contribution in [2.24, 2.45) is 0 Å². The second-order valence-corrected chi connectivity index (χ2v) is 4.62. The van der Waals surface area contributed by atoms with Crippen molar-refractivity contribution in [3.05, 3.63) is 35.4 Å². The van der Waals surface area contributed by atoms with Crippen LogP contribution in [0.15, 0.2) is 24.3 Å². The molecule has 0 aliphatic heterocycles. The van der Waals surface area contributed by atoms with Gasteiger partial charge in [-0.1, -0.05) is 31.2 Å². The molecular weight excluding hydrogens is 221 g/mol. The zero-order valence-corrected chi connectivity index (χ0v) is 9.45. The Bertz CT molecular complexity index is 320. The van der Waals surface area contributed by atoms with Crippen LogP contribution < -0.4 is 0 Å². The Hall–Kier alpha value is -0.640. The average Bonchev–Trinajstić information content (AvgIpc) is 2.14. The van der Waals surface area contributed by atoms with Crippen molar-refractivity contribution in [2.45, 2.75) is 25.3 Å². The molecule has 0 fully saturated rings. The molecule has 0 radical (unpaired) electrons. The molecule has 0 heterocycles. The van der Waals surface area contributed by atoms with Gasteiger partial charge in [-0.05, 0) is 23.8 Å². The van der Waals surface area contributed by atoms with Crippen molar-refractivity contribution in [2.75, 3.05) is 5.75 Å². The van der Waals surface area contributed by atoms with Crippen LogP contribution in [0.4, 0.5) is 13.2 Å². The molecule has 1 aromatic carbocycles. The van der Waals surface area contributed by atoms with E-state index >= 15 is 0 Å². The van der Waals surface area contributed by atoms with E-state index in [2.05, 4.69) is 0 Å². The summed E-state index contributed by atoms with van der Waals surface area (Å²) >= 11 is 0.926. The van der Waals surface area contributed by atoms with Gasteiger partial charge in [-0.15, -0.1) is 11.8 Å². The van der Waals surface area contributed by atoms with Gasteiger partial charge in [0.15, 0.2) is 0 Å². The molecule has 0 nitrogen and oxygen atoms in total. The van der Waals surface area contributed by atoms with E-state index in [4.69, 9.17) is 0 Å². The third kappa shape index (κ3) is 3.16. The van der Waals surface area contributed by atoms with Crippen molar-refractivity contribution in [1.29, 1.82) is 0 Å². The van der Waals surface area contributed by atoms with Gasteiger partial charge in [-0.25, -0.2) is 0 Å². The first kappa shape index (κ1) is 12.4. The number of rotatable bonds is 3. The Morgan fingerprint density at radius 3 is 2.33 bits per heavy atom. The predicted molar refractivity (Wildman–Crippen MR) is 58.1 cm³/mol. The van der Waals surface area contributed by atoms with Crippen molar-refractivity contribution in [3.8, 4) is 0 Å². The minimum absolute atomic E-state index is 0.372. The van der Waals surface area contributed by atoms with Crippen LogP contribution in [0.1, 0.15) is 23.3 Å². The van der Waals surface area contributed by atoms with Gasteiger partial charge in [-0.3, -0.25) is 0 Å². The molecule has 0 saturated heterocycles. The molecule has 1 unspecified atom stereocenters. The van der Waals surface area contributed by atoms with E-state index in [1.807, 2.05) is 0 Å². The number of aryl methyl sites for hydroxylation is 1. The monoisotopic (exact) mass is 234 g/mol. The molecule has 1 atom stereocenters. The Morgan fingerprint density at radius 2 is 1.87 bits per heavy atom. The van der Waals surface area contributed by atoms with Gasteiger partial charge in [-0.2, -0.15) is 13.2 Å². The molecule has 0 aliphatic carbocycles. The summed E-state index contributed by atoms with van der Waals surface area (Å²) in [6.07, 6.45) is -4.17. The fourth-order valence-corrected chi connectivity index (χ4v) is 2.37. The largest absolute Gasteiger partial charge is 0.404 e. The minimum atomic E-state index is -4.17. The van der Waals surface area contributed by atoms with E-state index in [1.54, 1.807) is 38.1 Å². The number of thioether (sulfide) groups is 1. The maximum absolute atomic E-state index is 12.8. The topological polar surface area (TPSA) is 0 Å². The van der Waals surface area contributed by atoms with Gasteiger partial charge in [0.25, 0.3) is 0 Å². The minimum Gasteiger partial charge on any atom is -0.169 e. The molecule has 1 aromatic rings. The van der Waals surface area contributed by atoms with Crippen molar-refractivity contribution in [3.63, 3.8) is 0 Å². The highest BCUT2D eigenvalue weighted by molar-refractivity contribution is 7.99. The van der Waals surface area contributed by atoms with E-state index in [9.17, 15) is 13.2 Å². The summed E-state index contributed by atoms with van der Waals surface area (Å²) in [5.74, 6) is 0.457. The summed E-state index contributed by atoms with van der Waals surface area (Å²) in [6, 6.07) is 6.67. The second kappa shape index (κ2) is 4.92. The first-order chi connectivity index (χ1) is 6.96. The average molecular weight is 234 g/mol. The van der Waals surface area contributed by atoms with Crippen LogP contribution in [0.3, 0.4) is 0 Å². The lowest BCUT2D eigenvalue weighted by Crippen LogP contribution is -2.19. The smallest absolute Gasteiger partial charge is 0.169 e. The molecule has 1 rings (SSSR count). The third-order valence-corrected chi connectivity index (χ3v) is 3.29. The van der Waals surface area contributed by atoms with Crippen LogP contribution in [0, 0.1) is 6.92 Å². The number of hydrogen-bond acceptors (Lipinski definition) is 1. The van der Waals surface area contributed by atoms with Crippen LogP contribution in [0.2, 0.25) is 0 Å². The normalized spacial score (nSPS) is 13.9. The molecule has 15 heavy (non-hydrogen) atoms. The number of halogens is 3. The Balaban J connectivity index is 3.05. The second-order valence-electron chi connectivity index (χ2n) is 3.23. The molecule has 0 bridgehead atoms. The molecule has 0 amide bonds. The lowest BCUT2D eigenvalue weighted by molar-refractivity contribution is -0.129. The van der Waals surface area contributed by atoms with E-state index < -0.39 is 11.4 Å². The summed E-state index contributed by atoms with van der Waals surface area (Å²) in [5.41, 5.74) is 1.07. The highest BCUT2D eigenvalue weighted by Crippen LogP contribution is 2.44. The summed E-state index contributed by atoms with van der Waals surface area (Å²) in [5, 5.41) is -1.40. The maximum atomic E-state index is 12.8. The standard InChI is InChI=1S/C11H13F3S/c1-3-15-10(11(12,13)14)9-7-5-4-6-8(9)2/h4-7,10H,3H2,1-2H3. The highest BCUT2D eigenvalue weighted by atomic mass is 32.2. The summed E-state index contributed by atoms with van der Waals surface area (Å²) in [4.78, 5) is 0. The molecule has 0 saturated carbocycles. The Labute approximate surface area is 91.9 Å². The number of alkyl halides is 3. The summed E-state index contributed by atoms with van der Waals surface area (Å²) in [7, 11) is 0. The van der Waals surface area contributed by atoms with Crippen LogP contribution >= 0.6 is 11.8 Å². The fraction of sp³-hybridized carbons (Fsp3) is 0.455. The van der Waals surface area contributed by atoms with Crippen LogP contribution in [-0.4, -0.2) is 11.9 Å². The molecule has 0 aromatic heterocycles. The Kier molecular flexibility index (Phi) is 4.08. The molecular formula is C11H13F3S. The van der Waals surface area contributed by atoms with Gasteiger partial charge in [0, 0.05) is 0 Å². The fourth-order valence-electron chi connectivity index (χ4n) is 1.41. The van der Waals surface area contributed by atoms with Crippen molar-refractivity contribution in [1.82, 2.24) is 0 Å². The van der Waals surface area contributed by atoms with Crippen molar-refractivity contribution < 1.29 is 13.2 Å². The molecule has 4 heteroatoms. The predicted octanol–water partition coefficient (Wildman–Crippen LogP) is 4.35. The molecule has 84 valence electrons. The van der Waals surface area contributed by atoms with Gasteiger partial charge in [0.05, 0.1) is 0 Å². The zero-order chi connectivity index (χ0) is 11.5. The van der Waals surface area contributed by atoms with Crippen molar-refractivity contribution >= 4 is 11.8 Å². The molecule has 0 aliphatic rings. The summed E-state index contributed by atoms with van der Waals surface area (Å²) < 4.78 is 38.3. The van der Waals surface area contributed by atoms with Gasteiger partial charge >= 0.3 is 6.18 Å². The van der Waals surface area contributed by atoms with Gasteiger partial charge < -0.3 is 0 Å². The lowest BCUT2D eigenvalue weighted by Gasteiger charge is -2.21. The van der Waals surface area contributed by atoms with E-state index in [-0.39, 0.29) is 0 Å². The summed E-state index contributed by atoms with van der Waals surface area (Å²) in [6.45, 7) is 3.45. The number of benzene rings is 1. The van der Waals surface area contributed by atoms with Crippen LogP contribution in [-0.2, 0) is 0 Å². The molecule has 0 N–H and O–H groups in total. The van der Waals surface area contributed by atoms with Crippen LogP contribution in [0.5, 0.6) is 0 Å². The van der Waals surface area contributed by atoms with E-state index in [1.165, 1.54) is 0 Å². The van der Waals surface area contributed by atoms with Gasteiger partial charge in [0.1, 0.15) is 5.25 Å². The zero-order valence-electron chi connectivity index (χ0n) is 8.64. The quantitative estimate of drug-likeness (QED) is 0.749. The van der Waals surface area contributed by atoms with Gasteiger partial charge in [0.2, 0.25) is 0 Å². The molecule has 0 spiro atoms. The lowest BCUT2D eigenvalue weighted by atomic mass is 10.1. The maximum Gasteiger partial charge on any atom is 0.404 e. The van der Waals surface area contributed by atoms with E-state index in [0.717, 1.165) is 11.8 Å². The third-order valence-electron chi connectivity index (χ3n) is 2.10. The van der Waals surface area contributed by atoms with E-state index in [0.29, 0.717) is 16.9 Å². The SMILES string of the molecule is CCSC(c1ccccc1C)C(F)(F)F. The first-order valence-corrected chi connectivity index (χ1v) is 5.75. The first-order valence-electron chi connectivity index (χ1n) is 4.70. The number of hydrogen-bond donors (Lipinski definition) is 0. The van der Waals surface area contributed by atoms with Crippen LogP contribution in [0.25, 0.3) is 0 Å².